The number of carbonyl (C=O) groups excluding carboxylic acids is 2. The quantitative estimate of drug-likeness (QED) is 0.374. The van der Waals surface area contributed by atoms with Crippen LogP contribution in [0.4, 0.5) is 0 Å². The van der Waals surface area contributed by atoms with Crippen LogP contribution in [0.5, 0.6) is 11.5 Å². The molecular formula is C19H20O4S2. The van der Waals surface area contributed by atoms with Crippen LogP contribution < -0.4 is 9.47 Å². The van der Waals surface area contributed by atoms with Crippen molar-refractivity contribution in [2.75, 3.05) is 12.5 Å². The minimum absolute atomic E-state index is 0.169. The molecule has 0 aliphatic carbocycles. The molecule has 0 atom stereocenters. The Hall–Kier alpha value is -1.92. The predicted molar refractivity (Wildman–Crippen MR) is 102 cm³/mol. The second-order valence-electron chi connectivity index (χ2n) is 5.10. The summed E-state index contributed by atoms with van der Waals surface area (Å²) in [6, 6.07) is 14.7. The van der Waals surface area contributed by atoms with Gasteiger partial charge in [0.25, 0.3) is 0 Å². The molecule has 25 heavy (non-hydrogen) atoms. The molecule has 0 N–H and O–H groups in total. The molecule has 0 aliphatic rings. The van der Waals surface area contributed by atoms with E-state index in [0.29, 0.717) is 17.9 Å². The fourth-order valence-electron chi connectivity index (χ4n) is 2.13. The number of hydrogen-bond donors (Lipinski definition) is 0. The Kier molecular flexibility index (Phi) is 7.88. The van der Waals surface area contributed by atoms with Gasteiger partial charge in [0.15, 0.2) is 0 Å². The lowest BCUT2D eigenvalue weighted by molar-refractivity contribution is -0.136. The summed E-state index contributed by atoms with van der Waals surface area (Å²) >= 11 is 3.04. The molecule has 0 spiro atoms. The third kappa shape index (κ3) is 6.14. The standard InChI is InChI=1S/C19H20O4S2/c1-24-16-10-5-3-8-14(16)22-18(20)12-7-13-19(21)23-15-9-4-6-11-17(15)25-2/h3-6,8-11H,7,12-13H2,1-2H3. The van der Waals surface area contributed by atoms with Gasteiger partial charge in [0.1, 0.15) is 11.5 Å². The van der Waals surface area contributed by atoms with Crippen molar-refractivity contribution in [2.45, 2.75) is 29.1 Å². The van der Waals surface area contributed by atoms with E-state index in [1.807, 2.05) is 48.9 Å². The molecule has 2 aromatic rings. The molecule has 0 heterocycles. The average molecular weight is 376 g/mol. The van der Waals surface area contributed by atoms with Crippen LogP contribution in [0.3, 0.4) is 0 Å². The number of thioether (sulfide) groups is 2. The average Bonchev–Trinajstić information content (AvgIpc) is 2.62. The molecule has 4 nitrogen and oxygen atoms in total. The van der Waals surface area contributed by atoms with Crippen LogP contribution in [0.1, 0.15) is 19.3 Å². The van der Waals surface area contributed by atoms with E-state index < -0.39 is 0 Å². The molecular weight excluding hydrogens is 356 g/mol. The molecule has 132 valence electrons. The van der Waals surface area contributed by atoms with Gasteiger partial charge in [-0.2, -0.15) is 0 Å². The summed E-state index contributed by atoms with van der Waals surface area (Å²) in [5.41, 5.74) is 0. The summed E-state index contributed by atoms with van der Waals surface area (Å²) < 4.78 is 10.7. The van der Waals surface area contributed by atoms with Crippen LogP contribution in [-0.4, -0.2) is 24.5 Å². The summed E-state index contributed by atoms with van der Waals surface area (Å²) in [5.74, 6) is 0.408. The summed E-state index contributed by atoms with van der Waals surface area (Å²) in [4.78, 5) is 25.7. The number of rotatable bonds is 8. The van der Waals surface area contributed by atoms with Gasteiger partial charge in [-0.05, 0) is 43.2 Å². The van der Waals surface area contributed by atoms with Crippen LogP contribution in [0.15, 0.2) is 58.3 Å². The van der Waals surface area contributed by atoms with Crippen LogP contribution in [0.25, 0.3) is 0 Å². The highest BCUT2D eigenvalue weighted by Gasteiger charge is 2.12. The van der Waals surface area contributed by atoms with Gasteiger partial charge in [0.2, 0.25) is 0 Å². The van der Waals surface area contributed by atoms with E-state index >= 15 is 0 Å². The summed E-state index contributed by atoms with van der Waals surface area (Å²) in [6.45, 7) is 0. The number of esters is 2. The first-order chi connectivity index (χ1) is 12.1. The molecule has 6 heteroatoms. The summed E-state index contributed by atoms with van der Waals surface area (Å²) in [7, 11) is 0. The van der Waals surface area contributed by atoms with Gasteiger partial charge < -0.3 is 9.47 Å². The Morgan fingerprint density at radius 1 is 0.760 bits per heavy atom. The molecule has 2 aromatic carbocycles. The minimum atomic E-state index is -0.348. The van der Waals surface area contributed by atoms with Gasteiger partial charge in [-0.25, -0.2) is 0 Å². The Morgan fingerprint density at radius 3 is 1.56 bits per heavy atom. The monoisotopic (exact) mass is 376 g/mol. The lowest BCUT2D eigenvalue weighted by atomic mass is 10.2. The van der Waals surface area contributed by atoms with Crippen molar-refractivity contribution < 1.29 is 19.1 Å². The largest absolute Gasteiger partial charge is 0.425 e. The Labute approximate surface area is 156 Å². The maximum absolute atomic E-state index is 11.9. The van der Waals surface area contributed by atoms with Crippen LogP contribution in [0, 0.1) is 0 Å². The van der Waals surface area contributed by atoms with Gasteiger partial charge in [-0.3, -0.25) is 9.59 Å². The summed E-state index contributed by atoms with van der Waals surface area (Å²) in [5, 5.41) is 0. The highest BCUT2D eigenvalue weighted by Crippen LogP contribution is 2.28. The first-order valence-electron chi connectivity index (χ1n) is 7.81. The lowest BCUT2D eigenvalue weighted by Gasteiger charge is -2.09. The van der Waals surface area contributed by atoms with E-state index in [2.05, 4.69) is 0 Å². The van der Waals surface area contributed by atoms with Crippen molar-refractivity contribution >= 4 is 35.5 Å². The van der Waals surface area contributed by atoms with Crippen molar-refractivity contribution in [2.24, 2.45) is 0 Å². The van der Waals surface area contributed by atoms with Crippen LogP contribution >= 0.6 is 23.5 Å². The zero-order valence-electron chi connectivity index (χ0n) is 14.2. The van der Waals surface area contributed by atoms with Gasteiger partial charge in [-0.15, -0.1) is 23.5 Å². The van der Waals surface area contributed by atoms with E-state index in [-0.39, 0.29) is 24.8 Å². The first kappa shape index (κ1) is 19.4. The molecule has 0 aliphatic heterocycles. The van der Waals surface area contributed by atoms with Crippen molar-refractivity contribution in [1.82, 2.24) is 0 Å². The van der Waals surface area contributed by atoms with Crippen LogP contribution in [-0.2, 0) is 9.59 Å². The third-order valence-electron chi connectivity index (χ3n) is 3.35. The van der Waals surface area contributed by atoms with Gasteiger partial charge >= 0.3 is 11.9 Å². The molecule has 0 fully saturated rings. The van der Waals surface area contributed by atoms with Crippen molar-refractivity contribution in [1.29, 1.82) is 0 Å². The molecule has 0 aromatic heterocycles. The van der Waals surface area contributed by atoms with Crippen molar-refractivity contribution in [3.8, 4) is 11.5 Å². The number of benzene rings is 2. The van der Waals surface area contributed by atoms with Crippen LogP contribution in [0.2, 0.25) is 0 Å². The van der Waals surface area contributed by atoms with Crippen molar-refractivity contribution in [3.63, 3.8) is 0 Å². The maximum Gasteiger partial charge on any atom is 0.311 e. The fraction of sp³-hybridized carbons (Fsp3) is 0.263. The second-order valence-corrected chi connectivity index (χ2v) is 6.80. The van der Waals surface area contributed by atoms with Gasteiger partial charge in [-0.1, -0.05) is 24.3 Å². The molecule has 0 saturated carbocycles. The summed E-state index contributed by atoms with van der Waals surface area (Å²) in [6.07, 6.45) is 4.58. The Morgan fingerprint density at radius 2 is 1.16 bits per heavy atom. The number of carbonyl (C=O) groups is 2. The lowest BCUT2D eigenvalue weighted by Crippen LogP contribution is -2.12. The SMILES string of the molecule is CSc1ccccc1OC(=O)CCCC(=O)Oc1ccccc1SC. The van der Waals surface area contributed by atoms with E-state index in [1.165, 1.54) is 23.5 Å². The third-order valence-corrected chi connectivity index (χ3v) is 4.90. The number of para-hydroxylation sites is 2. The fourth-order valence-corrected chi connectivity index (χ4v) is 3.18. The van der Waals surface area contributed by atoms with Gasteiger partial charge in [0.05, 0.1) is 0 Å². The molecule has 0 unspecified atom stereocenters. The highest BCUT2D eigenvalue weighted by molar-refractivity contribution is 7.99. The van der Waals surface area contributed by atoms with Crippen molar-refractivity contribution in [3.05, 3.63) is 48.5 Å². The Bertz CT molecular complexity index is 669. The molecule has 2 rings (SSSR count). The molecule has 0 bridgehead atoms. The Balaban J connectivity index is 1.78. The topological polar surface area (TPSA) is 52.6 Å². The molecule has 0 saturated heterocycles. The van der Waals surface area contributed by atoms with E-state index in [9.17, 15) is 9.59 Å². The molecule has 0 radical (unpaired) electrons. The maximum atomic E-state index is 11.9. The van der Waals surface area contributed by atoms with Gasteiger partial charge in [0, 0.05) is 22.6 Å². The zero-order chi connectivity index (χ0) is 18.1. The number of ether oxygens (including phenoxy) is 2. The van der Waals surface area contributed by atoms with E-state index in [4.69, 9.17) is 9.47 Å². The molecule has 0 amide bonds. The second kappa shape index (κ2) is 10.2. The predicted octanol–water partition coefficient (Wildman–Crippen LogP) is 4.81. The highest BCUT2D eigenvalue weighted by atomic mass is 32.2. The van der Waals surface area contributed by atoms with E-state index in [1.54, 1.807) is 12.1 Å². The number of hydrogen-bond acceptors (Lipinski definition) is 6. The first-order valence-corrected chi connectivity index (χ1v) is 10.3. The minimum Gasteiger partial charge on any atom is -0.425 e. The van der Waals surface area contributed by atoms with E-state index in [0.717, 1.165) is 9.79 Å². The smallest absolute Gasteiger partial charge is 0.311 e. The normalized spacial score (nSPS) is 10.3. The zero-order valence-corrected chi connectivity index (χ0v) is 15.8.